The quantitative estimate of drug-likeness (QED) is 0.165. The molecule has 0 aliphatic carbocycles. The SMILES string of the molecule is CCCCCCCCCCCCCCCCCCO[C@@H]1O[C@H](CS)[C@H](O)[C@H](O)[C@H]1O. The fourth-order valence-electron chi connectivity index (χ4n) is 4.05. The third-order valence-electron chi connectivity index (χ3n) is 6.13. The summed E-state index contributed by atoms with van der Waals surface area (Å²) in [4.78, 5) is 0. The number of thiol groups is 1. The van der Waals surface area contributed by atoms with Crippen LogP contribution in [0.2, 0.25) is 0 Å². The molecule has 1 rings (SSSR count). The molecule has 1 fully saturated rings. The van der Waals surface area contributed by atoms with E-state index < -0.39 is 30.7 Å². The van der Waals surface area contributed by atoms with E-state index in [1.807, 2.05) is 0 Å². The molecule has 30 heavy (non-hydrogen) atoms. The molecule has 1 aliphatic heterocycles. The third kappa shape index (κ3) is 12.3. The second-order valence-electron chi connectivity index (χ2n) is 8.87. The number of hydrogen-bond acceptors (Lipinski definition) is 6. The van der Waals surface area contributed by atoms with Crippen LogP contribution in [0.25, 0.3) is 0 Å². The lowest BCUT2D eigenvalue weighted by atomic mass is 10.00. The molecule has 0 unspecified atom stereocenters. The lowest BCUT2D eigenvalue weighted by Gasteiger charge is -2.39. The summed E-state index contributed by atoms with van der Waals surface area (Å²) in [5.41, 5.74) is 0. The van der Waals surface area contributed by atoms with E-state index in [0.717, 1.165) is 12.8 Å². The van der Waals surface area contributed by atoms with Crippen LogP contribution in [0, 0.1) is 0 Å². The minimum absolute atomic E-state index is 0.268. The summed E-state index contributed by atoms with van der Waals surface area (Å²) < 4.78 is 11.1. The molecule has 0 radical (unpaired) electrons. The molecule has 0 aromatic heterocycles. The topological polar surface area (TPSA) is 79.2 Å². The maximum Gasteiger partial charge on any atom is 0.186 e. The fraction of sp³-hybridized carbons (Fsp3) is 1.00. The zero-order valence-corrected chi connectivity index (χ0v) is 20.1. The van der Waals surface area contributed by atoms with Crippen molar-refractivity contribution in [3.05, 3.63) is 0 Å². The summed E-state index contributed by atoms with van der Waals surface area (Å²) in [5.74, 6) is 0.268. The maximum atomic E-state index is 9.97. The minimum atomic E-state index is -1.26. The molecule has 5 atom stereocenters. The predicted octanol–water partition coefficient (Wildman–Crippen LogP) is 5.00. The predicted molar refractivity (Wildman–Crippen MR) is 126 cm³/mol. The van der Waals surface area contributed by atoms with Crippen molar-refractivity contribution in [3.8, 4) is 0 Å². The Bertz CT molecular complexity index is 383. The van der Waals surface area contributed by atoms with E-state index in [9.17, 15) is 15.3 Å². The molecule has 0 aromatic rings. The molecule has 0 spiro atoms. The van der Waals surface area contributed by atoms with Gasteiger partial charge in [-0.2, -0.15) is 12.6 Å². The minimum Gasteiger partial charge on any atom is -0.388 e. The van der Waals surface area contributed by atoms with E-state index in [2.05, 4.69) is 19.6 Å². The Hall–Kier alpha value is 0.150. The zero-order valence-electron chi connectivity index (χ0n) is 19.2. The van der Waals surface area contributed by atoms with Gasteiger partial charge < -0.3 is 24.8 Å². The Morgan fingerprint density at radius 1 is 0.633 bits per heavy atom. The Balaban J connectivity index is 1.85. The second-order valence-corrected chi connectivity index (χ2v) is 9.24. The van der Waals surface area contributed by atoms with Gasteiger partial charge in [0.2, 0.25) is 0 Å². The molecule has 0 saturated carbocycles. The molecule has 6 heteroatoms. The number of aliphatic hydroxyl groups excluding tert-OH is 3. The summed E-state index contributed by atoms with van der Waals surface area (Å²) in [6.45, 7) is 2.76. The van der Waals surface area contributed by atoms with Crippen molar-refractivity contribution in [1.82, 2.24) is 0 Å². The van der Waals surface area contributed by atoms with Gasteiger partial charge in [0, 0.05) is 12.4 Å². The van der Waals surface area contributed by atoms with Crippen LogP contribution < -0.4 is 0 Å². The van der Waals surface area contributed by atoms with E-state index in [4.69, 9.17) is 9.47 Å². The highest BCUT2D eigenvalue weighted by molar-refractivity contribution is 7.80. The molecule has 0 amide bonds. The first-order valence-corrected chi connectivity index (χ1v) is 13.2. The van der Waals surface area contributed by atoms with E-state index in [1.54, 1.807) is 0 Å². The van der Waals surface area contributed by atoms with Crippen LogP contribution in [-0.2, 0) is 9.47 Å². The molecule has 0 aromatic carbocycles. The standard InChI is InChI=1S/C24H48O5S/c1-2-3-4-5-6-7-8-9-10-11-12-13-14-15-16-17-18-28-24-23(27)22(26)21(25)20(19-30)29-24/h20-27,30H,2-19H2,1H3/t20-,21+,22+,23-,24-/m1/s1. The Morgan fingerprint density at radius 2 is 1.07 bits per heavy atom. The molecule has 1 aliphatic rings. The van der Waals surface area contributed by atoms with Gasteiger partial charge in [-0.25, -0.2) is 0 Å². The van der Waals surface area contributed by atoms with Crippen molar-refractivity contribution in [2.24, 2.45) is 0 Å². The van der Waals surface area contributed by atoms with Gasteiger partial charge in [-0.1, -0.05) is 103 Å². The maximum absolute atomic E-state index is 9.97. The van der Waals surface area contributed by atoms with Crippen LogP contribution in [0.1, 0.15) is 110 Å². The van der Waals surface area contributed by atoms with Gasteiger partial charge in [-0.05, 0) is 6.42 Å². The van der Waals surface area contributed by atoms with Gasteiger partial charge in [-0.15, -0.1) is 0 Å². The van der Waals surface area contributed by atoms with Gasteiger partial charge in [0.05, 0.1) is 6.10 Å². The van der Waals surface area contributed by atoms with E-state index in [0.29, 0.717) is 6.61 Å². The zero-order chi connectivity index (χ0) is 22.0. The highest BCUT2D eigenvalue weighted by atomic mass is 32.1. The highest BCUT2D eigenvalue weighted by Crippen LogP contribution is 2.23. The second kappa shape index (κ2) is 18.7. The molecular formula is C24H48O5S. The lowest BCUT2D eigenvalue weighted by Crippen LogP contribution is -2.58. The van der Waals surface area contributed by atoms with E-state index in [-0.39, 0.29) is 5.75 Å². The van der Waals surface area contributed by atoms with Crippen molar-refractivity contribution in [1.29, 1.82) is 0 Å². The van der Waals surface area contributed by atoms with Crippen LogP contribution in [0.4, 0.5) is 0 Å². The molecular weight excluding hydrogens is 400 g/mol. The van der Waals surface area contributed by atoms with Crippen LogP contribution in [0.5, 0.6) is 0 Å². The van der Waals surface area contributed by atoms with E-state index >= 15 is 0 Å². The van der Waals surface area contributed by atoms with E-state index in [1.165, 1.54) is 89.9 Å². The van der Waals surface area contributed by atoms with Crippen molar-refractivity contribution < 1.29 is 24.8 Å². The molecule has 0 bridgehead atoms. The Kier molecular flexibility index (Phi) is 17.6. The van der Waals surface area contributed by atoms with Crippen LogP contribution in [0.15, 0.2) is 0 Å². The third-order valence-corrected chi connectivity index (χ3v) is 6.49. The number of hydrogen-bond donors (Lipinski definition) is 4. The van der Waals surface area contributed by atoms with Crippen molar-refractivity contribution in [3.63, 3.8) is 0 Å². The van der Waals surface area contributed by atoms with Crippen LogP contribution in [0.3, 0.4) is 0 Å². The Labute approximate surface area is 190 Å². The Morgan fingerprint density at radius 3 is 1.50 bits per heavy atom. The molecule has 1 heterocycles. The normalized spacial score (nSPS) is 26.9. The first kappa shape index (κ1) is 28.2. The number of ether oxygens (including phenoxy) is 2. The average molecular weight is 449 g/mol. The molecule has 1 saturated heterocycles. The summed E-state index contributed by atoms with van der Waals surface area (Å²) >= 11 is 4.11. The summed E-state index contributed by atoms with van der Waals surface area (Å²) in [6.07, 6.45) is 16.0. The molecule has 5 nitrogen and oxygen atoms in total. The van der Waals surface area contributed by atoms with Gasteiger partial charge in [0.1, 0.15) is 18.3 Å². The number of rotatable bonds is 19. The average Bonchev–Trinajstić information content (AvgIpc) is 2.75. The first-order valence-electron chi connectivity index (χ1n) is 12.5. The summed E-state index contributed by atoms with van der Waals surface area (Å²) in [6, 6.07) is 0. The van der Waals surface area contributed by atoms with Crippen LogP contribution >= 0.6 is 12.6 Å². The van der Waals surface area contributed by atoms with Crippen molar-refractivity contribution in [2.75, 3.05) is 12.4 Å². The van der Waals surface area contributed by atoms with Gasteiger partial charge in [-0.3, -0.25) is 0 Å². The monoisotopic (exact) mass is 448 g/mol. The largest absolute Gasteiger partial charge is 0.388 e. The van der Waals surface area contributed by atoms with Gasteiger partial charge in [0.15, 0.2) is 6.29 Å². The lowest BCUT2D eigenvalue weighted by molar-refractivity contribution is -0.292. The van der Waals surface area contributed by atoms with Crippen molar-refractivity contribution in [2.45, 2.75) is 140 Å². The van der Waals surface area contributed by atoms with Gasteiger partial charge in [0.25, 0.3) is 0 Å². The van der Waals surface area contributed by atoms with Crippen LogP contribution in [-0.4, -0.2) is 58.4 Å². The first-order chi connectivity index (χ1) is 14.6. The fourth-order valence-corrected chi connectivity index (χ4v) is 4.36. The number of aliphatic hydroxyl groups is 3. The summed E-state index contributed by atoms with van der Waals surface area (Å²) in [5, 5.41) is 29.6. The van der Waals surface area contributed by atoms with Crippen molar-refractivity contribution >= 4 is 12.6 Å². The molecule has 3 N–H and O–H groups in total. The highest BCUT2D eigenvalue weighted by Gasteiger charge is 2.43. The smallest absolute Gasteiger partial charge is 0.186 e. The van der Waals surface area contributed by atoms with Gasteiger partial charge >= 0.3 is 0 Å². The number of unbranched alkanes of at least 4 members (excludes halogenated alkanes) is 15. The summed E-state index contributed by atoms with van der Waals surface area (Å²) in [7, 11) is 0. The molecule has 180 valence electrons.